The Labute approximate surface area is 98.1 Å². The van der Waals surface area contributed by atoms with Crippen LogP contribution in [0, 0.1) is 11.7 Å². The molecule has 1 rings (SSSR count). The van der Waals surface area contributed by atoms with Gasteiger partial charge in [-0.15, -0.1) is 0 Å². The SMILES string of the molecule is CC(C)CNCC(C)(C)c1ccc(F)cc1. The van der Waals surface area contributed by atoms with Gasteiger partial charge < -0.3 is 5.32 Å². The molecule has 0 fully saturated rings. The third-order valence-corrected chi connectivity index (χ3v) is 2.75. The smallest absolute Gasteiger partial charge is 0.123 e. The van der Waals surface area contributed by atoms with Gasteiger partial charge in [0.15, 0.2) is 0 Å². The number of rotatable bonds is 5. The van der Waals surface area contributed by atoms with Gasteiger partial charge in [0.1, 0.15) is 5.82 Å². The van der Waals surface area contributed by atoms with E-state index >= 15 is 0 Å². The van der Waals surface area contributed by atoms with Gasteiger partial charge in [-0.05, 0) is 30.2 Å². The van der Waals surface area contributed by atoms with E-state index in [0.29, 0.717) is 5.92 Å². The standard InChI is InChI=1S/C14H22FN/c1-11(2)9-16-10-14(3,4)12-5-7-13(15)8-6-12/h5-8,11,16H,9-10H2,1-4H3. The quantitative estimate of drug-likeness (QED) is 0.807. The van der Waals surface area contributed by atoms with Gasteiger partial charge >= 0.3 is 0 Å². The Balaban J connectivity index is 2.59. The third-order valence-electron chi connectivity index (χ3n) is 2.75. The molecule has 1 aromatic carbocycles. The van der Waals surface area contributed by atoms with Crippen molar-refractivity contribution in [2.75, 3.05) is 13.1 Å². The highest BCUT2D eigenvalue weighted by molar-refractivity contribution is 5.24. The van der Waals surface area contributed by atoms with Crippen LogP contribution in [0.5, 0.6) is 0 Å². The molecule has 0 aliphatic carbocycles. The summed E-state index contributed by atoms with van der Waals surface area (Å²) in [5.41, 5.74) is 1.22. The van der Waals surface area contributed by atoms with Gasteiger partial charge in [-0.1, -0.05) is 39.8 Å². The van der Waals surface area contributed by atoms with Gasteiger partial charge in [-0.2, -0.15) is 0 Å². The number of hydrogen-bond acceptors (Lipinski definition) is 1. The van der Waals surface area contributed by atoms with Crippen LogP contribution >= 0.6 is 0 Å². The Morgan fingerprint density at radius 1 is 1.19 bits per heavy atom. The Morgan fingerprint density at radius 2 is 1.75 bits per heavy atom. The Hall–Kier alpha value is -0.890. The molecule has 0 atom stereocenters. The van der Waals surface area contributed by atoms with E-state index in [1.807, 2.05) is 12.1 Å². The summed E-state index contributed by atoms with van der Waals surface area (Å²) in [5, 5.41) is 3.44. The van der Waals surface area contributed by atoms with Crippen LogP contribution in [-0.2, 0) is 5.41 Å². The summed E-state index contributed by atoms with van der Waals surface area (Å²) in [4.78, 5) is 0. The Bertz CT molecular complexity index is 314. The molecule has 1 nitrogen and oxygen atoms in total. The fraction of sp³-hybridized carbons (Fsp3) is 0.571. The zero-order valence-electron chi connectivity index (χ0n) is 10.7. The van der Waals surface area contributed by atoms with Crippen LogP contribution in [0.2, 0.25) is 0 Å². The fourth-order valence-electron chi connectivity index (χ4n) is 1.68. The van der Waals surface area contributed by atoms with Crippen molar-refractivity contribution in [2.24, 2.45) is 5.92 Å². The molecule has 0 bridgehead atoms. The number of halogens is 1. The van der Waals surface area contributed by atoms with Gasteiger partial charge in [0, 0.05) is 12.0 Å². The van der Waals surface area contributed by atoms with Crippen LogP contribution in [0.3, 0.4) is 0 Å². The summed E-state index contributed by atoms with van der Waals surface area (Å²) in [6.07, 6.45) is 0. The van der Waals surface area contributed by atoms with Crippen LogP contribution in [0.4, 0.5) is 4.39 Å². The van der Waals surface area contributed by atoms with Crippen molar-refractivity contribution in [2.45, 2.75) is 33.1 Å². The van der Waals surface area contributed by atoms with Crippen molar-refractivity contribution in [1.82, 2.24) is 5.32 Å². The molecule has 0 aliphatic heterocycles. The van der Waals surface area contributed by atoms with Crippen molar-refractivity contribution >= 4 is 0 Å². The molecule has 16 heavy (non-hydrogen) atoms. The first kappa shape index (κ1) is 13.2. The van der Waals surface area contributed by atoms with Crippen LogP contribution in [-0.4, -0.2) is 13.1 Å². The van der Waals surface area contributed by atoms with E-state index in [0.717, 1.165) is 13.1 Å². The zero-order valence-corrected chi connectivity index (χ0v) is 10.7. The Kier molecular flexibility index (Phi) is 4.48. The molecule has 90 valence electrons. The topological polar surface area (TPSA) is 12.0 Å². The molecule has 0 saturated heterocycles. The minimum absolute atomic E-state index is 0.0442. The number of nitrogens with one attached hydrogen (secondary N) is 1. The van der Waals surface area contributed by atoms with E-state index in [9.17, 15) is 4.39 Å². The summed E-state index contributed by atoms with van der Waals surface area (Å²) in [6.45, 7) is 10.7. The van der Waals surface area contributed by atoms with Gasteiger partial charge in [-0.25, -0.2) is 4.39 Å². The molecule has 0 heterocycles. The molecule has 0 unspecified atom stereocenters. The first-order chi connectivity index (χ1) is 7.42. The molecule has 1 aromatic rings. The zero-order chi connectivity index (χ0) is 12.2. The fourth-order valence-corrected chi connectivity index (χ4v) is 1.68. The molecule has 0 aromatic heterocycles. The van der Waals surface area contributed by atoms with Gasteiger partial charge in [-0.3, -0.25) is 0 Å². The van der Waals surface area contributed by atoms with E-state index < -0.39 is 0 Å². The lowest BCUT2D eigenvalue weighted by Gasteiger charge is -2.26. The minimum Gasteiger partial charge on any atom is -0.316 e. The summed E-state index contributed by atoms with van der Waals surface area (Å²) in [7, 11) is 0. The predicted octanol–water partition coefficient (Wildman–Crippen LogP) is 3.35. The maximum atomic E-state index is 12.8. The molecule has 1 N–H and O–H groups in total. The van der Waals surface area contributed by atoms with Crippen molar-refractivity contribution in [3.05, 3.63) is 35.6 Å². The largest absolute Gasteiger partial charge is 0.316 e. The monoisotopic (exact) mass is 223 g/mol. The maximum absolute atomic E-state index is 12.8. The van der Waals surface area contributed by atoms with Crippen molar-refractivity contribution < 1.29 is 4.39 Å². The molecule has 2 heteroatoms. The molecule has 0 amide bonds. The highest BCUT2D eigenvalue weighted by atomic mass is 19.1. The lowest BCUT2D eigenvalue weighted by molar-refractivity contribution is 0.442. The minimum atomic E-state index is -0.172. The third kappa shape index (κ3) is 3.93. The maximum Gasteiger partial charge on any atom is 0.123 e. The summed E-state index contributed by atoms with van der Waals surface area (Å²) < 4.78 is 12.8. The second-order valence-electron chi connectivity index (χ2n) is 5.42. The molecule has 0 aliphatic rings. The van der Waals surface area contributed by atoms with Gasteiger partial charge in [0.2, 0.25) is 0 Å². The molecule has 0 saturated carbocycles. The van der Waals surface area contributed by atoms with Gasteiger partial charge in [0.25, 0.3) is 0 Å². The number of hydrogen-bond donors (Lipinski definition) is 1. The first-order valence-corrected chi connectivity index (χ1v) is 5.88. The van der Waals surface area contributed by atoms with Gasteiger partial charge in [0.05, 0.1) is 0 Å². The predicted molar refractivity (Wildman–Crippen MR) is 67.1 cm³/mol. The second-order valence-corrected chi connectivity index (χ2v) is 5.42. The average molecular weight is 223 g/mol. The Morgan fingerprint density at radius 3 is 2.25 bits per heavy atom. The van der Waals surface area contributed by atoms with E-state index in [-0.39, 0.29) is 11.2 Å². The highest BCUT2D eigenvalue weighted by Crippen LogP contribution is 2.22. The average Bonchev–Trinajstić information content (AvgIpc) is 2.17. The van der Waals surface area contributed by atoms with E-state index in [1.54, 1.807) is 0 Å². The second kappa shape index (κ2) is 5.44. The van der Waals surface area contributed by atoms with Crippen molar-refractivity contribution in [3.8, 4) is 0 Å². The van der Waals surface area contributed by atoms with Crippen molar-refractivity contribution in [1.29, 1.82) is 0 Å². The summed E-state index contributed by atoms with van der Waals surface area (Å²) in [6, 6.07) is 6.79. The number of benzene rings is 1. The van der Waals surface area contributed by atoms with Crippen LogP contribution in [0.15, 0.2) is 24.3 Å². The van der Waals surface area contributed by atoms with E-state index in [1.165, 1.54) is 17.7 Å². The lowest BCUT2D eigenvalue weighted by Crippen LogP contribution is -2.34. The molecular formula is C14H22FN. The summed E-state index contributed by atoms with van der Waals surface area (Å²) >= 11 is 0. The molecule has 0 radical (unpaired) electrons. The van der Waals surface area contributed by atoms with E-state index in [2.05, 4.69) is 33.0 Å². The van der Waals surface area contributed by atoms with Crippen LogP contribution in [0.25, 0.3) is 0 Å². The van der Waals surface area contributed by atoms with Crippen LogP contribution < -0.4 is 5.32 Å². The molecular weight excluding hydrogens is 201 g/mol. The first-order valence-electron chi connectivity index (χ1n) is 5.88. The summed E-state index contributed by atoms with van der Waals surface area (Å²) in [5.74, 6) is 0.485. The molecule has 0 spiro atoms. The van der Waals surface area contributed by atoms with Crippen molar-refractivity contribution in [3.63, 3.8) is 0 Å². The van der Waals surface area contributed by atoms with Crippen LogP contribution in [0.1, 0.15) is 33.3 Å². The lowest BCUT2D eigenvalue weighted by atomic mass is 9.84. The highest BCUT2D eigenvalue weighted by Gasteiger charge is 2.19. The van der Waals surface area contributed by atoms with E-state index in [4.69, 9.17) is 0 Å². The normalized spacial score (nSPS) is 12.1.